The van der Waals surface area contributed by atoms with E-state index >= 15 is 0 Å². The summed E-state index contributed by atoms with van der Waals surface area (Å²) in [6.07, 6.45) is -2.01. The van der Waals surface area contributed by atoms with E-state index in [1.807, 2.05) is 0 Å². The number of alkyl halides is 2. The summed E-state index contributed by atoms with van der Waals surface area (Å²) in [5.41, 5.74) is 0. The molecule has 0 spiro atoms. The lowest BCUT2D eigenvalue weighted by Gasteiger charge is -2.36. The Morgan fingerprint density at radius 3 is 2.44 bits per heavy atom. The molecular weight excluding hydrogens is 222 g/mol. The second-order valence-corrected chi connectivity index (χ2v) is 4.15. The molecule has 0 saturated carbocycles. The zero-order valence-electron chi connectivity index (χ0n) is 9.11. The molecule has 1 unspecified atom stereocenters. The molecule has 1 N–H and O–H groups in total. The van der Waals surface area contributed by atoms with Gasteiger partial charge in [0.1, 0.15) is 0 Å². The summed E-state index contributed by atoms with van der Waals surface area (Å²) in [7, 11) is 2.92. The fourth-order valence-electron chi connectivity index (χ4n) is 1.78. The van der Waals surface area contributed by atoms with Crippen molar-refractivity contribution in [1.29, 1.82) is 0 Å². The lowest BCUT2D eigenvalue weighted by atomic mass is 9.94. The van der Waals surface area contributed by atoms with E-state index in [1.165, 1.54) is 19.0 Å². The third kappa shape index (κ3) is 2.80. The maximum Gasteiger partial charge on any atom is 0.407 e. The van der Waals surface area contributed by atoms with Crippen LogP contribution >= 0.6 is 0 Å². The van der Waals surface area contributed by atoms with Gasteiger partial charge < -0.3 is 14.9 Å². The summed E-state index contributed by atoms with van der Waals surface area (Å²) in [6.45, 7) is -0.999. The Balaban J connectivity index is 2.80. The van der Waals surface area contributed by atoms with E-state index < -0.39 is 36.8 Å². The highest BCUT2D eigenvalue weighted by Gasteiger charge is 2.44. The fourth-order valence-corrected chi connectivity index (χ4v) is 1.78. The van der Waals surface area contributed by atoms with Crippen molar-refractivity contribution in [1.82, 2.24) is 9.80 Å². The van der Waals surface area contributed by atoms with Gasteiger partial charge in [-0.2, -0.15) is 0 Å². The van der Waals surface area contributed by atoms with Gasteiger partial charge in [-0.3, -0.25) is 4.79 Å². The van der Waals surface area contributed by atoms with E-state index in [4.69, 9.17) is 5.11 Å². The van der Waals surface area contributed by atoms with Crippen LogP contribution in [0.1, 0.15) is 6.42 Å². The first-order chi connectivity index (χ1) is 7.23. The molecule has 16 heavy (non-hydrogen) atoms. The topological polar surface area (TPSA) is 60.9 Å². The van der Waals surface area contributed by atoms with Crippen molar-refractivity contribution >= 4 is 12.0 Å². The number of piperidine rings is 1. The third-order valence-corrected chi connectivity index (χ3v) is 2.47. The minimum absolute atomic E-state index is 0.165. The van der Waals surface area contributed by atoms with Crippen molar-refractivity contribution < 1.29 is 23.5 Å². The summed E-state index contributed by atoms with van der Waals surface area (Å²) >= 11 is 0. The van der Waals surface area contributed by atoms with Gasteiger partial charge in [0.25, 0.3) is 5.92 Å². The molecule has 92 valence electrons. The lowest BCUT2D eigenvalue weighted by molar-refractivity contribution is -0.143. The van der Waals surface area contributed by atoms with Crippen LogP contribution < -0.4 is 0 Å². The Hall–Kier alpha value is -1.40. The van der Waals surface area contributed by atoms with Crippen LogP contribution in [-0.2, 0) is 4.79 Å². The third-order valence-electron chi connectivity index (χ3n) is 2.47. The number of likely N-dealkylation sites (tertiary alicyclic amines) is 1. The molecule has 1 fully saturated rings. The maximum atomic E-state index is 13.2. The number of amides is 2. The Bertz CT molecular complexity index is 307. The minimum Gasteiger partial charge on any atom is -0.465 e. The number of hydrogen-bond acceptors (Lipinski definition) is 2. The van der Waals surface area contributed by atoms with E-state index in [2.05, 4.69) is 0 Å². The Morgan fingerprint density at radius 2 is 2.00 bits per heavy atom. The molecule has 1 heterocycles. The summed E-state index contributed by atoms with van der Waals surface area (Å²) in [5, 5.41) is 8.68. The Labute approximate surface area is 91.6 Å². The molecule has 1 atom stereocenters. The van der Waals surface area contributed by atoms with Crippen LogP contribution in [0.3, 0.4) is 0 Å². The minimum atomic E-state index is -3.13. The normalized spacial score (nSPS) is 24.0. The smallest absolute Gasteiger partial charge is 0.407 e. The number of carbonyl (C=O) groups excluding carboxylic acids is 1. The average molecular weight is 236 g/mol. The predicted octanol–water partition coefficient (Wildman–Crippen LogP) is 0.710. The molecule has 1 aliphatic rings. The molecule has 1 aliphatic heterocycles. The number of nitrogens with zero attached hydrogens (tertiary/aromatic N) is 2. The highest BCUT2D eigenvalue weighted by atomic mass is 19.3. The van der Waals surface area contributed by atoms with E-state index in [0.29, 0.717) is 4.90 Å². The fraction of sp³-hybridized carbons (Fsp3) is 0.778. The number of hydrogen-bond donors (Lipinski definition) is 1. The number of halogens is 2. The zero-order chi connectivity index (χ0) is 12.5. The second kappa shape index (κ2) is 4.23. The number of carboxylic acid groups (broad SMARTS) is 1. The maximum absolute atomic E-state index is 13.2. The molecule has 7 heteroatoms. The van der Waals surface area contributed by atoms with Crippen LogP contribution in [0.15, 0.2) is 0 Å². The monoisotopic (exact) mass is 236 g/mol. The van der Waals surface area contributed by atoms with Gasteiger partial charge >= 0.3 is 6.09 Å². The molecule has 0 aromatic heterocycles. The van der Waals surface area contributed by atoms with E-state index in [1.54, 1.807) is 0 Å². The molecule has 2 amide bonds. The molecule has 0 aliphatic carbocycles. The Kier molecular flexibility index (Phi) is 3.35. The van der Waals surface area contributed by atoms with Crippen LogP contribution in [0, 0.1) is 5.92 Å². The first kappa shape index (κ1) is 12.7. The van der Waals surface area contributed by atoms with Gasteiger partial charge in [-0.25, -0.2) is 13.6 Å². The van der Waals surface area contributed by atoms with Gasteiger partial charge in [0.05, 0.1) is 12.5 Å². The van der Waals surface area contributed by atoms with Gasteiger partial charge in [-0.05, 0) is 0 Å². The number of rotatable bonds is 1. The Morgan fingerprint density at radius 1 is 1.44 bits per heavy atom. The highest BCUT2D eigenvalue weighted by Crippen LogP contribution is 2.31. The van der Waals surface area contributed by atoms with Gasteiger partial charge in [-0.1, -0.05) is 0 Å². The summed E-state index contributed by atoms with van der Waals surface area (Å²) in [4.78, 5) is 24.0. The van der Waals surface area contributed by atoms with Gasteiger partial charge in [0, 0.05) is 27.1 Å². The zero-order valence-corrected chi connectivity index (χ0v) is 9.11. The SMILES string of the molecule is CN(C)C(=O)C1CN(C(=O)O)CC(F)(F)C1. The molecule has 0 aromatic rings. The molecule has 0 radical (unpaired) electrons. The predicted molar refractivity (Wildman–Crippen MR) is 51.3 cm³/mol. The lowest BCUT2D eigenvalue weighted by Crippen LogP contribution is -2.52. The van der Waals surface area contributed by atoms with Crippen LogP contribution in [0.25, 0.3) is 0 Å². The molecule has 1 saturated heterocycles. The van der Waals surface area contributed by atoms with Crippen molar-refractivity contribution in [3.8, 4) is 0 Å². The van der Waals surface area contributed by atoms with Crippen LogP contribution in [0.4, 0.5) is 13.6 Å². The van der Waals surface area contributed by atoms with Crippen molar-refractivity contribution in [2.75, 3.05) is 27.2 Å². The second-order valence-electron chi connectivity index (χ2n) is 4.15. The quantitative estimate of drug-likeness (QED) is 0.729. The summed E-state index contributed by atoms with van der Waals surface area (Å²) < 4.78 is 26.4. The molecule has 1 rings (SSSR count). The van der Waals surface area contributed by atoms with Gasteiger partial charge in [0.2, 0.25) is 5.91 Å². The first-order valence-corrected chi connectivity index (χ1v) is 4.80. The average Bonchev–Trinajstić information content (AvgIpc) is 2.13. The van der Waals surface area contributed by atoms with Crippen LogP contribution in [-0.4, -0.2) is 60.0 Å². The van der Waals surface area contributed by atoms with Crippen LogP contribution in [0.2, 0.25) is 0 Å². The van der Waals surface area contributed by atoms with E-state index in [9.17, 15) is 18.4 Å². The van der Waals surface area contributed by atoms with E-state index in [-0.39, 0.29) is 6.54 Å². The van der Waals surface area contributed by atoms with Crippen molar-refractivity contribution in [3.63, 3.8) is 0 Å². The van der Waals surface area contributed by atoms with Crippen molar-refractivity contribution in [2.24, 2.45) is 5.92 Å². The van der Waals surface area contributed by atoms with Gasteiger partial charge in [-0.15, -0.1) is 0 Å². The van der Waals surface area contributed by atoms with Crippen molar-refractivity contribution in [2.45, 2.75) is 12.3 Å². The molecule has 0 bridgehead atoms. The standard InChI is InChI=1S/C9H14F2N2O3/c1-12(2)7(14)6-3-9(10,11)5-13(4-6)8(15)16/h6H,3-5H2,1-2H3,(H,15,16). The summed E-state index contributed by atoms with van der Waals surface area (Å²) in [5.74, 6) is -4.56. The largest absolute Gasteiger partial charge is 0.465 e. The molecule has 0 aromatic carbocycles. The molecule has 5 nitrogen and oxygen atoms in total. The number of carbonyl (C=O) groups is 2. The van der Waals surface area contributed by atoms with Gasteiger partial charge in [0.15, 0.2) is 0 Å². The highest BCUT2D eigenvalue weighted by molar-refractivity contribution is 5.79. The van der Waals surface area contributed by atoms with E-state index in [0.717, 1.165) is 0 Å². The first-order valence-electron chi connectivity index (χ1n) is 4.80. The summed E-state index contributed by atoms with van der Waals surface area (Å²) in [6, 6.07) is 0. The van der Waals surface area contributed by atoms with Crippen LogP contribution in [0.5, 0.6) is 0 Å². The molecular formula is C9H14F2N2O3. The van der Waals surface area contributed by atoms with Crippen molar-refractivity contribution in [3.05, 3.63) is 0 Å².